The number of nitrogens with one attached hydrogen (secondary N) is 1. The topological polar surface area (TPSA) is 43.0 Å². The van der Waals surface area contributed by atoms with Crippen molar-refractivity contribution in [2.45, 2.75) is 19.4 Å². The van der Waals surface area contributed by atoms with Crippen molar-refractivity contribution >= 4 is 11.3 Å². The summed E-state index contributed by atoms with van der Waals surface area (Å²) < 4.78 is 16.8. The van der Waals surface area contributed by atoms with Crippen LogP contribution < -0.4 is 19.5 Å². The molecule has 26 heavy (non-hydrogen) atoms. The number of aryl methyl sites for hydroxylation is 1. The summed E-state index contributed by atoms with van der Waals surface area (Å²) in [5.41, 5.74) is 2.41. The third-order valence-electron chi connectivity index (χ3n) is 4.79. The van der Waals surface area contributed by atoms with E-state index in [0.717, 1.165) is 49.7 Å². The van der Waals surface area contributed by atoms with Gasteiger partial charge in [0.05, 0.1) is 27.4 Å². The van der Waals surface area contributed by atoms with E-state index in [0.29, 0.717) is 5.75 Å². The van der Waals surface area contributed by atoms with Crippen molar-refractivity contribution in [2.24, 2.45) is 0 Å². The van der Waals surface area contributed by atoms with Crippen molar-refractivity contribution in [2.75, 3.05) is 47.5 Å². The van der Waals surface area contributed by atoms with Crippen molar-refractivity contribution in [1.29, 1.82) is 0 Å². The summed E-state index contributed by atoms with van der Waals surface area (Å²) >= 11 is 1.81. The zero-order valence-corrected chi connectivity index (χ0v) is 16.8. The van der Waals surface area contributed by atoms with Gasteiger partial charge in [-0.2, -0.15) is 0 Å². The van der Waals surface area contributed by atoms with Gasteiger partial charge in [-0.1, -0.05) is 0 Å². The standard InChI is InChI=1S/C20H28N2O3S/c1-14-10-19(26-13-14)20(22-8-5-6-21-7-9-22)15-11-17(24-3)18(25-4)12-16(15)23-2/h10-13,20-21H,5-9H2,1-4H3. The minimum atomic E-state index is 0.142. The smallest absolute Gasteiger partial charge is 0.164 e. The molecule has 0 amide bonds. The Morgan fingerprint density at radius 1 is 0.962 bits per heavy atom. The third kappa shape index (κ3) is 3.98. The van der Waals surface area contributed by atoms with Crippen LogP contribution in [0.15, 0.2) is 23.6 Å². The van der Waals surface area contributed by atoms with Gasteiger partial charge in [-0.05, 0) is 43.0 Å². The molecule has 2 aromatic rings. The summed E-state index contributed by atoms with van der Waals surface area (Å²) in [6, 6.07) is 6.42. The second-order valence-corrected chi connectivity index (χ2v) is 7.46. The summed E-state index contributed by atoms with van der Waals surface area (Å²) in [7, 11) is 5.04. The van der Waals surface area contributed by atoms with Gasteiger partial charge in [0.15, 0.2) is 11.5 Å². The lowest BCUT2D eigenvalue weighted by Gasteiger charge is -2.31. The van der Waals surface area contributed by atoms with E-state index >= 15 is 0 Å². The third-order valence-corrected chi connectivity index (χ3v) is 5.89. The van der Waals surface area contributed by atoms with Crippen LogP contribution in [0.2, 0.25) is 0 Å². The maximum absolute atomic E-state index is 5.75. The minimum Gasteiger partial charge on any atom is -0.496 e. The summed E-state index contributed by atoms with van der Waals surface area (Å²) in [4.78, 5) is 3.87. The molecule has 3 rings (SSSR count). The molecule has 0 spiro atoms. The molecular formula is C20H28N2O3S. The Labute approximate surface area is 159 Å². The highest BCUT2D eigenvalue weighted by atomic mass is 32.1. The van der Waals surface area contributed by atoms with Gasteiger partial charge in [0, 0.05) is 36.1 Å². The number of benzene rings is 1. The average Bonchev–Trinajstić information content (AvgIpc) is 2.92. The summed E-state index contributed by atoms with van der Waals surface area (Å²) in [6.07, 6.45) is 1.14. The molecule has 142 valence electrons. The molecule has 0 bridgehead atoms. The Bertz CT molecular complexity index is 724. The number of nitrogens with zero attached hydrogens (tertiary/aromatic N) is 1. The first kappa shape index (κ1) is 19.0. The Kier molecular flexibility index (Phi) is 6.40. The summed E-state index contributed by atoms with van der Waals surface area (Å²) in [5.74, 6) is 2.25. The highest BCUT2D eigenvalue weighted by molar-refractivity contribution is 7.10. The Morgan fingerprint density at radius 2 is 1.69 bits per heavy atom. The number of thiophene rings is 1. The Morgan fingerprint density at radius 3 is 2.35 bits per heavy atom. The van der Waals surface area contributed by atoms with E-state index in [1.165, 1.54) is 10.4 Å². The molecule has 6 heteroatoms. The number of rotatable bonds is 6. The van der Waals surface area contributed by atoms with Gasteiger partial charge in [0.1, 0.15) is 5.75 Å². The zero-order valence-electron chi connectivity index (χ0n) is 16.0. The van der Waals surface area contributed by atoms with Crippen molar-refractivity contribution < 1.29 is 14.2 Å². The highest BCUT2D eigenvalue weighted by Gasteiger charge is 2.28. The van der Waals surface area contributed by atoms with E-state index in [2.05, 4.69) is 34.7 Å². The maximum atomic E-state index is 5.75. The van der Waals surface area contributed by atoms with Crippen LogP contribution in [-0.2, 0) is 0 Å². The number of methoxy groups -OCH3 is 3. The molecule has 1 fully saturated rings. The van der Waals surface area contributed by atoms with E-state index < -0.39 is 0 Å². The number of ether oxygens (including phenoxy) is 3. The van der Waals surface area contributed by atoms with Crippen LogP contribution in [0, 0.1) is 6.92 Å². The molecule has 0 radical (unpaired) electrons. The molecule has 1 aliphatic heterocycles. The second kappa shape index (κ2) is 8.75. The fourth-order valence-electron chi connectivity index (χ4n) is 3.52. The van der Waals surface area contributed by atoms with Crippen LogP contribution in [-0.4, -0.2) is 52.4 Å². The first-order valence-corrected chi connectivity index (χ1v) is 9.85. The predicted octanol–water partition coefficient (Wildman–Crippen LogP) is 3.47. The normalized spacial score (nSPS) is 16.8. The molecule has 1 unspecified atom stereocenters. The molecule has 1 aromatic heterocycles. The monoisotopic (exact) mass is 376 g/mol. The molecule has 2 heterocycles. The highest BCUT2D eigenvalue weighted by Crippen LogP contribution is 2.43. The fraction of sp³-hybridized carbons (Fsp3) is 0.500. The van der Waals surface area contributed by atoms with Crippen LogP contribution >= 0.6 is 11.3 Å². The molecule has 0 aliphatic carbocycles. The van der Waals surface area contributed by atoms with Crippen molar-refractivity contribution in [3.63, 3.8) is 0 Å². The lowest BCUT2D eigenvalue weighted by Crippen LogP contribution is -2.32. The zero-order chi connectivity index (χ0) is 18.5. The van der Waals surface area contributed by atoms with Crippen LogP contribution in [0.1, 0.15) is 28.5 Å². The first-order chi connectivity index (χ1) is 12.7. The summed E-state index contributed by atoms with van der Waals surface area (Å²) in [6.45, 7) is 6.25. The average molecular weight is 377 g/mol. The lowest BCUT2D eigenvalue weighted by molar-refractivity contribution is 0.238. The summed E-state index contributed by atoms with van der Waals surface area (Å²) in [5, 5.41) is 5.71. The van der Waals surface area contributed by atoms with E-state index in [-0.39, 0.29) is 6.04 Å². The lowest BCUT2D eigenvalue weighted by atomic mass is 10.0. The predicted molar refractivity (Wildman–Crippen MR) is 106 cm³/mol. The van der Waals surface area contributed by atoms with Gasteiger partial charge < -0.3 is 19.5 Å². The Balaban J connectivity index is 2.11. The van der Waals surface area contributed by atoms with Gasteiger partial charge in [-0.3, -0.25) is 4.90 Å². The van der Waals surface area contributed by atoms with Crippen LogP contribution in [0.5, 0.6) is 17.2 Å². The van der Waals surface area contributed by atoms with Crippen molar-refractivity contribution in [1.82, 2.24) is 10.2 Å². The van der Waals surface area contributed by atoms with Crippen LogP contribution in [0.4, 0.5) is 0 Å². The largest absolute Gasteiger partial charge is 0.496 e. The van der Waals surface area contributed by atoms with E-state index in [1.54, 1.807) is 32.7 Å². The molecule has 1 N–H and O–H groups in total. The molecular weight excluding hydrogens is 348 g/mol. The van der Waals surface area contributed by atoms with E-state index in [4.69, 9.17) is 14.2 Å². The van der Waals surface area contributed by atoms with Crippen LogP contribution in [0.25, 0.3) is 0 Å². The van der Waals surface area contributed by atoms with Gasteiger partial charge in [0.2, 0.25) is 0 Å². The molecule has 1 aliphatic rings. The fourth-order valence-corrected chi connectivity index (χ4v) is 4.57. The van der Waals surface area contributed by atoms with Gasteiger partial charge in [-0.15, -0.1) is 11.3 Å². The van der Waals surface area contributed by atoms with Crippen molar-refractivity contribution in [3.05, 3.63) is 39.6 Å². The first-order valence-electron chi connectivity index (χ1n) is 8.97. The molecule has 1 saturated heterocycles. The van der Waals surface area contributed by atoms with E-state index in [1.807, 2.05) is 6.07 Å². The second-order valence-electron chi connectivity index (χ2n) is 6.52. The SMILES string of the molecule is COc1cc(OC)c(C(c2cc(C)cs2)N2CCCNCC2)cc1OC. The minimum absolute atomic E-state index is 0.142. The molecule has 5 nitrogen and oxygen atoms in total. The Hall–Kier alpha value is -1.76. The maximum Gasteiger partial charge on any atom is 0.164 e. The van der Waals surface area contributed by atoms with Crippen molar-refractivity contribution in [3.8, 4) is 17.2 Å². The number of hydrogen-bond donors (Lipinski definition) is 1. The van der Waals surface area contributed by atoms with Gasteiger partial charge in [0.25, 0.3) is 0 Å². The number of hydrogen-bond acceptors (Lipinski definition) is 6. The molecule has 1 aromatic carbocycles. The van der Waals surface area contributed by atoms with Crippen LogP contribution in [0.3, 0.4) is 0 Å². The molecule has 0 saturated carbocycles. The van der Waals surface area contributed by atoms with Gasteiger partial charge in [-0.25, -0.2) is 0 Å². The van der Waals surface area contributed by atoms with E-state index in [9.17, 15) is 0 Å². The molecule has 1 atom stereocenters. The quantitative estimate of drug-likeness (QED) is 0.836. The van der Waals surface area contributed by atoms with Gasteiger partial charge >= 0.3 is 0 Å².